The summed E-state index contributed by atoms with van der Waals surface area (Å²) < 4.78 is 39.0. The molecule has 0 atom stereocenters. The standard InChI is InChI=1S/C29H24F2N4O4.2H2/c30-29(31)12-10-28(11-13-29,26(37)35-27(17-32)8-9-27)34-25(36)24-16-21-6-5-20(15-23(21)38-24)18-1-3-19(4-2-18)22-7-14-33-39-22;;/h1-7,14-16H,8-13H2,(H,34,36)(H,35,37);2*1H. The molecule has 0 spiro atoms. The lowest BCUT2D eigenvalue weighted by Crippen LogP contribution is -2.62. The molecule has 2 saturated carbocycles. The topological polar surface area (TPSA) is 121 Å². The van der Waals surface area contributed by atoms with Crippen molar-refractivity contribution in [2.75, 3.05) is 0 Å². The zero-order valence-corrected chi connectivity index (χ0v) is 20.8. The van der Waals surface area contributed by atoms with Gasteiger partial charge in [-0.15, -0.1) is 0 Å². The number of alkyl halides is 2. The fraction of sp³-hybridized carbons (Fsp3) is 0.310. The summed E-state index contributed by atoms with van der Waals surface area (Å²) in [5.74, 6) is -3.58. The van der Waals surface area contributed by atoms with Gasteiger partial charge in [-0.1, -0.05) is 41.6 Å². The van der Waals surface area contributed by atoms with Crippen molar-refractivity contribution in [1.82, 2.24) is 15.8 Å². The Hall–Kier alpha value is -4.52. The number of hydrogen-bond donors (Lipinski definition) is 2. The lowest BCUT2D eigenvalue weighted by molar-refractivity contribution is -0.133. The Bertz CT molecular complexity index is 1600. The first-order valence-electron chi connectivity index (χ1n) is 12.7. The molecule has 6 rings (SSSR count). The lowest BCUT2D eigenvalue weighted by Gasteiger charge is -2.39. The van der Waals surface area contributed by atoms with E-state index in [2.05, 4.69) is 21.9 Å². The summed E-state index contributed by atoms with van der Waals surface area (Å²) >= 11 is 0. The van der Waals surface area contributed by atoms with Gasteiger partial charge in [0.15, 0.2) is 11.5 Å². The van der Waals surface area contributed by atoms with Gasteiger partial charge in [0.2, 0.25) is 11.8 Å². The van der Waals surface area contributed by atoms with Gasteiger partial charge in [0.1, 0.15) is 16.7 Å². The van der Waals surface area contributed by atoms with E-state index >= 15 is 0 Å². The number of halogens is 2. The van der Waals surface area contributed by atoms with E-state index in [4.69, 9.17) is 8.94 Å². The number of carbonyl (C=O) groups excluding carboxylic acids is 2. The number of fused-ring (bicyclic) bond motifs is 1. The van der Waals surface area contributed by atoms with Crippen molar-refractivity contribution in [2.45, 2.75) is 55.5 Å². The summed E-state index contributed by atoms with van der Waals surface area (Å²) in [6.45, 7) is 0. The molecule has 2 aromatic carbocycles. The second-order valence-electron chi connectivity index (χ2n) is 10.4. The molecule has 2 N–H and O–H groups in total. The SMILES string of the molecule is N#CC1(NC(=O)C2(NC(=O)c3cc4ccc(-c5ccc(-c6ccno6)cc5)cc4o3)CCC(F)(F)CC2)CC1.[HH].[HH]. The van der Waals surface area contributed by atoms with Crippen molar-refractivity contribution in [3.63, 3.8) is 0 Å². The summed E-state index contributed by atoms with van der Waals surface area (Å²) in [6, 6.07) is 18.6. The number of nitrogens with one attached hydrogen (secondary N) is 2. The predicted molar refractivity (Wildman–Crippen MR) is 141 cm³/mol. The minimum absolute atomic E-state index is 0. The zero-order valence-electron chi connectivity index (χ0n) is 20.8. The van der Waals surface area contributed by atoms with Crippen molar-refractivity contribution in [3.05, 3.63) is 66.6 Å². The molecule has 2 aliphatic rings. The van der Waals surface area contributed by atoms with Crippen LogP contribution in [-0.2, 0) is 4.79 Å². The molecule has 0 bridgehead atoms. The van der Waals surface area contributed by atoms with Gasteiger partial charge in [-0.25, -0.2) is 8.78 Å². The Kier molecular flexibility index (Phi) is 5.75. The summed E-state index contributed by atoms with van der Waals surface area (Å²) in [5, 5.41) is 19.1. The molecule has 0 aliphatic heterocycles. The molecule has 39 heavy (non-hydrogen) atoms. The van der Waals surface area contributed by atoms with E-state index in [0.29, 0.717) is 29.6 Å². The highest BCUT2D eigenvalue weighted by Crippen LogP contribution is 2.41. The normalized spacial score (nSPS) is 18.7. The largest absolute Gasteiger partial charge is 0.451 e. The van der Waals surface area contributed by atoms with E-state index < -0.39 is 41.7 Å². The molecule has 4 aromatic rings. The van der Waals surface area contributed by atoms with Gasteiger partial charge in [-0.05, 0) is 48.9 Å². The molecule has 2 aromatic heterocycles. The molecule has 0 unspecified atom stereocenters. The van der Waals surface area contributed by atoms with E-state index in [1.54, 1.807) is 18.3 Å². The van der Waals surface area contributed by atoms with Crippen LogP contribution in [0.25, 0.3) is 33.4 Å². The minimum Gasteiger partial charge on any atom is -0.451 e. The highest BCUT2D eigenvalue weighted by atomic mass is 19.3. The maximum atomic E-state index is 14.0. The highest BCUT2D eigenvalue weighted by molar-refractivity contribution is 6.01. The first-order chi connectivity index (χ1) is 18.7. The number of amides is 2. The van der Waals surface area contributed by atoms with Gasteiger partial charge >= 0.3 is 0 Å². The van der Waals surface area contributed by atoms with Crippen LogP contribution >= 0.6 is 0 Å². The Morgan fingerprint density at radius 1 is 0.897 bits per heavy atom. The van der Waals surface area contributed by atoms with E-state index in [9.17, 15) is 23.6 Å². The quantitative estimate of drug-likeness (QED) is 0.308. The number of furan rings is 1. The van der Waals surface area contributed by atoms with E-state index in [1.165, 1.54) is 0 Å². The Balaban J connectivity index is 0.00000194. The first kappa shape index (κ1) is 24.8. The lowest BCUT2D eigenvalue weighted by atomic mass is 9.78. The monoisotopic (exact) mass is 534 g/mol. The van der Waals surface area contributed by atoms with Crippen molar-refractivity contribution in [1.29, 1.82) is 5.26 Å². The van der Waals surface area contributed by atoms with Crippen LogP contribution in [-0.4, -0.2) is 34.0 Å². The van der Waals surface area contributed by atoms with Crippen molar-refractivity contribution >= 4 is 22.8 Å². The van der Waals surface area contributed by atoms with Gasteiger partial charge in [0, 0.05) is 32.7 Å². The zero-order chi connectivity index (χ0) is 27.3. The van der Waals surface area contributed by atoms with Crippen LogP contribution < -0.4 is 10.6 Å². The van der Waals surface area contributed by atoms with E-state index in [-0.39, 0.29) is 21.5 Å². The van der Waals surface area contributed by atoms with Crippen LogP contribution in [0.15, 0.2) is 69.7 Å². The van der Waals surface area contributed by atoms with Gasteiger partial charge in [0.25, 0.3) is 5.91 Å². The number of nitrogens with zero attached hydrogens (tertiary/aromatic N) is 2. The number of rotatable bonds is 6. The molecule has 2 aliphatic carbocycles. The third-order valence-corrected chi connectivity index (χ3v) is 7.62. The number of hydrogen-bond acceptors (Lipinski definition) is 6. The van der Waals surface area contributed by atoms with Gasteiger partial charge in [-0.3, -0.25) is 9.59 Å². The van der Waals surface area contributed by atoms with Gasteiger partial charge in [-0.2, -0.15) is 5.26 Å². The van der Waals surface area contributed by atoms with Gasteiger partial charge < -0.3 is 19.6 Å². The highest BCUT2D eigenvalue weighted by Gasteiger charge is 2.53. The predicted octanol–water partition coefficient (Wildman–Crippen LogP) is 6.10. The maximum Gasteiger partial charge on any atom is 0.287 e. The minimum atomic E-state index is -2.91. The number of carbonyl (C=O) groups is 2. The first-order valence-corrected chi connectivity index (χ1v) is 12.7. The summed E-state index contributed by atoms with van der Waals surface area (Å²) in [7, 11) is 0. The van der Waals surface area contributed by atoms with Crippen LogP contribution in [0, 0.1) is 11.3 Å². The fourth-order valence-corrected chi connectivity index (χ4v) is 4.97. The summed E-state index contributed by atoms with van der Waals surface area (Å²) in [6.07, 6.45) is 0.989. The Morgan fingerprint density at radius 3 is 2.23 bits per heavy atom. The van der Waals surface area contributed by atoms with Crippen LogP contribution in [0.4, 0.5) is 8.78 Å². The smallest absolute Gasteiger partial charge is 0.287 e. The molecule has 0 radical (unpaired) electrons. The second kappa shape index (κ2) is 9.05. The third kappa shape index (κ3) is 4.76. The Labute approximate surface area is 224 Å². The molecular weight excluding hydrogens is 506 g/mol. The number of aromatic nitrogens is 1. The average Bonchev–Trinajstić information content (AvgIpc) is 3.30. The molecule has 10 heteroatoms. The third-order valence-electron chi connectivity index (χ3n) is 7.62. The molecule has 2 fully saturated rings. The average molecular weight is 535 g/mol. The van der Waals surface area contributed by atoms with Crippen LogP contribution in [0.5, 0.6) is 0 Å². The molecule has 0 saturated heterocycles. The number of nitriles is 1. The molecule has 202 valence electrons. The van der Waals surface area contributed by atoms with Crippen LogP contribution in [0.3, 0.4) is 0 Å². The van der Waals surface area contributed by atoms with Crippen molar-refractivity contribution in [3.8, 4) is 28.5 Å². The summed E-state index contributed by atoms with van der Waals surface area (Å²) in [5.41, 5.74) is 0.595. The Morgan fingerprint density at radius 2 is 1.59 bits per heavy atom. The molecule has 2 heterocycles. The maximum absolute atomic E-state index is 14.0. The van der Waals surface area contributed by atoms with Gasteiger partial charge in [0.05, 0.1) is 12.3 Å². The molecular formula is C29H28F2N4O4. The molecule has 8 nitrogen and oxygen atoms in total. The number of benzene rings is 2. The van der Waals surface area contributed by atoms with Crippen molar-refractivity contribution < 1.29 is 30.2 Å². The fourth-order valence-electron chi connectivity index (χ4n) is 4.97. The summed E-state index contributed by atoms with van der Waals surface area (Å²) in [4.78, 5) is 26.5. The van der Waals surface area contributed by atoms with E-state index in [1.807, 2.05) is 42.5 Å². The second-order valence-corrected chi connectivity index (χ2v) is 10.4. The van der Waals surface area contributed by atoms with Crippen LogP contribution in [0.2, 0.25) is 0 Å². The van der Waals surface area contributed by atoms with Crippen LogP contribution in [0.1, 0.15) is 51.9 Å². The van der Waals surface area contributed by atoms with E-state index in [0.717, 1.165) is 16.7 Å². The molecule has 2 amide bonds. The van der Waals surface area contributed by atoms with Crippen molar-refractivity contribution in [2.24, 2.45) is 0 Å².